The fourth-order valence-corrected chi connectivity index (χ4v) is 4.98. The van der Waals surface area contributed by atoms with Crippen LogP contribution in [0.25, 0.3) is 0 Å². The topological polar surface area (TPSA) is 53.1 Å². The standard InChI is InChI=1S/C24H34ClN5/c1-30(2)23-21-8-3-4-9-22(21)28-24(29-23)27-20-12-10-17(11-13-20)15-26-16-18-6-5-7-19(25)14-18/h5-7,14,17,20,26H,3-4,8-13,15-16H2,1-2H3,(H,27,28,29)/t17-,20+. The SMILES string of the molecule is CN(C)c1nc(N[C@H]2CC[C@@H](CNCc3cccc(Cl)c3)CC2)nc2c1CCCC2. The van der Waals surface area contributed by atoms with E-state index in [1.54, 1.807) is 0 Å². The van der Waals surface area contributed by atoms with Gasteiger partial charge in [-0.1, -0.05) is 23.7 Å². The monoisotopic (exact) mass is 427 g/mol. The molecule has 5 nitrogen and oxygen atoms in total. The zero-order valence-electron chi connectivity index (χ0n) is 18.3. The van der Waals surface area contributed by atoms with Gasteiger partial charge in [-0.2, -0.15) is 4.98 Å². The van der Waals surface area contributed by atoms with Crippen molar-refractivity contribution in [3.05, 3.63) is 46.1 Å². The number of hydrogen-bond donors (Lipinski definition) is 2. The Kier molecular flexibility index (Phi) is 7.11. The first-order valence-corrected chi connectivity index (χ1v) is 11.7. The molecule has 1 fully saturated rings. The first-order valence-electron chi connectivity index (χ1n) is 11.4. The Balaban J connectivity index is 1.27. The van der Waals surface area contributed by atoms with Gasteiger partial charge < -0.3 is 15.5 Å². The molecule has 2 aliphatic rings. The van der Waals surface area contributed by atoms with Crippen molar-refractivity contribution < 1.29 is 0 Å². The highest BCUT2D eigenvalue weighted by Gasteiger charge is 2.23. The molecule has 0 spiro atoms. The van der Waals surface area contributed by atoms with Crippen LogP contribution in [0.3, 0.4) is 0 Å². The highest BCUT2D eigenvalue weighted by atomic mass is 35.5. The van der Waals surface area contributed by atoms with Crippen molar-refractivity contribution in [2.24, 2.45) is 5.92 Å². The Morgan fingerprint density at radius 1 is 1.07 bits per heavy atom. The molecule has 1 aromatic carbocycles. The number of anilines is 2. The molecular weight excluding hydrogens is 394 g/mol. The highest BCUT2D eigenvalue weighted by molar-refractivity contribution is 6.30. The molecule has 1 aromatic heterocycles. The molecular formula is C24H34ClN5. The Bertz CT molecular complexity index is 845. The third kappa shape index (κ3) is 5.44. The summed E-state index contributed by atoms with van der Waals surface area (Å²) in [5.74, 6) is 2.66. The van der Waals surface area contributed by atoms with E-state index in [1.165, 1.54) is 55.3 Å². The maximum atomic E-state index is 6.07. The summed E-state index contributed by atoms with van der Waals surface area (Å²) in [5.41, 5.74) is 3.85. The molecule has 2 aliphatic carbocycles. The van der Waals surface area contributed by atoms with Crippen LogP contribution in [0, 0.1) is 5.92 Å². The molecule has 0 saturated heterocycles. The average Bonchev–Trinajstić information content (AvgIpc) is 2.74. The molecule has 2 N–H and O–H groups in total. The van der Waals surface area contributed by atoms with Crippen molar-refractivity contribution in [3.63, 3.8) is 0 Å². The van der Waals surface area contributed by atoms with E-state index in [9.17, 15) is 0 Å². The van der Waals surface area contributed by atoms with E-state index in [0.717, 1.165) is 48.6 Å². The van der Waals surface area contributed by atoms with Gasteiger partial charge in [0, 0.05) is 37.3 Å². The van der Waals surface area contributed by atoms with E-state index in [1.807, 2.05) is 18.2 Å². The van der Waals surface area contributed by atoms with Gasteiger partial charge in [0.15, 0.2) is 0 Å². The second-order valence-electron chi connectivity index (χ2n) is 9.02. The van der Waals surface area contributed by atoms with Gasteiger partial charge in [-0.25, -0.2) is 4.98 Å². The largest absolute Gasteiger partial charge is 0.362 e. The lowest BCUT2D eigenvalue weighted by Crippen LogP contribution is -2.32. The lowest BCUT2D eigenvalue weighted by atomic mass is 9.86. The van der Waals surface area contributed by atoms with E-state index in [4.69, 9.17) is 21.6 Å². The number of aromatic nitrogens is 2. The minimum absolute atomic E-state index is 0.478. The third-order valence-corrected chi connectivity index (χ3v) is 6.65. The van der Waals surface area contributed by atoms with E-state index in [-0.39, 0.29) is 0 Å². The molecule has 1 heterocycles. The normalized spacial score (nSPS) is 21.2. The lowest BCUT2D eigenvalue weighted by Gasteiger charge is -2.30. The number of fused-ring (bicyclic) bond motifs is 1. The van der Waals surface area contributed by atoms with Crippen LogP contribution in [-0.2, 0) is 19.4 Å². The number of benzene rings is 1. The lowest BCUT2D eigenvalue weighted by molar-refractivity contribution is 0.323. The summed E-state index contributed by atoms with van der Waals surface area (Å²) < 4.78 is 0. The zero-order chi connectivity index (χ0) is 20.9. The number of hydrogen-bond acceptors (Lipinski definition) is 5. The Morgan fingerprint density at radius 2 is 1.87 bits per heavy atom. The molecule has 1 saturated carbocycles. The third-order valence-electron chi connectivity index (χ3n) is 6.42. The van der Waals surface area contributed by atoms with Gasteiger partial charge in [-0.15, -0.1) is 0 Å². The van der Waals surface area contributed by atoms with Crippen LogP contribution in [-0.4, -0.2) is 36.6 Å². The van der Waals surface area contributed by atoms with Crippen molar-refractivity contribution in [1.29, 1.82) is 0 Å². The van der Waals surface area contributed by atoms with Crippen molar-refractivity contribution in [3.8, 4) is 0 Å². The number of halogens is 1. The predicted octanol–water partition coefficient (Wildman–Crippen LogP) is 4.84. The van der Waals surface area contributed by atoms with Gasteiger partial charge in [-0.3, -0.25) is 0 Å². The summed E-state index contributed by atoms with van der Waals surface area (Å²) in [6, 6.07) is 8.58. The minimum Gasteiger partial charge on any atom is -0.362 e. The molecule has 162 valence electrons. The highest BCUT2D eigenvalue weighted by Crippen LogP contribution is 2.30. The fourth-order valence-electron chi connectivity index (χ4n) is 4.77. The minimum atomic E-state index is 0.478. The van der Waals surface area contributed by atoms with Gasteiger partial charge in [0.05, 0.1) is 5.69 Å². The molecule has 0 unspecified atom stereocenters. The quantitative estimate of drug-likeness (QED) is 0.662. The average molecular weight is 428 g/mol. The van der Waals surface area contributed by atoms with Gasteiger partial charge in [0.25, 0.3) is 0 Å². The summed E-state index contributed by atoms with van der Waals surface area (Å²) in [7, 11) is 4.17. The summed E-state index contributed by atoms with van der Waals surface area (Å²) in [5, 5.41) is 8.07. The summed E-state index contributed by atoms with van der Waals surface area (Å²) in [4.78, 5) is 11.9. The van der Waals surface area contributed by atoms with Crippen LogP contribution >= 0.6 is 11.6 Å². The van der Waals surface area contributed by atoms with Gasteiger partial charge in [0.1, 0.15) is 5.82 Å². The van der Waals surface area contributed by atoms with Crippen molar-refractivity contribution >= 4 is 23.4 Å². The molecule has 2 aromatic rings. The Morgan fingerprint density at radius 3 is 2.63 bits per heavy atom. The molecule has 0 aliphatic heterocycles. The number of rotatable bonds is 7. The Labute approximate surface area is 185 Å². The Hall–Kier alpha value is -1.85. The number of nitrogens with zero attached hydrogens (tertiary/aromatic N) is 3. The molecule has 30 heavy (non-hydrogen) atoms. The molecule has 0 bridgehead atoms. The molecule has 0 amide bonds. The summed E-state index contributed by atoms with van der Waals surface area (Å²) in [6.07, 6.45) is 9.53. The number of nitrogens with one attached hydrogen (secondary N) is 2. The van der Waals surface area contributed by atoms with Crippen LogP contribution in [0.15, 0.2) is 24.3 Å². The van der Waals surface area contributed by atoms with Crippen LogP contribution in [0.2, 0.25) is 5.02 Å². The summed E-state index contributed by atoms with van der Waals surface area (Å²) in [6.45, 7) is 1.95. The van der Waals surface area contributed by atoms with Crippen molar-refractivity contribution in [1.82, 2.24) is 15.3 Å². The van der Waals surface area contributed by atoms with Gasteiger partial charge in [0.2, 0.25) is 5.95 Å². The first-order chi connectivity index (χ1) is 14.6. The maximum absolute atomic E-state index is 6.07. The summed E-state index contributed by atoms with van der Waals surface area (Å²) >= 11 is 6.07. The van der Waals surface area contributed by atoms with E-state index in [2.05, 4.69) is 35.7 Å². The van der Waals surface area contributed by atoms with E-state index < -0.39 is 0 Å². The van der Waals surface area contributed by atoms with Gasteiger partial charge in [-0.05, 0) is 81.5 Å². The zero-order valence-corrected chi connectivity index (χ0v) is 19.0. The van der Waals surface area contributed by atoms with Crippen LogP contribution < -0.4 is 15.5 Å². The van der Waals surface area contributed by atoms with E-state index in [0.29, 0.717) is 6.04 Å². The number of aryl methyl sites for hydroxylation is 1. The van der Waals surface area contributed by atoms with Crippen molar-refractivity contribution in [2.75, 3.05) is 30.9 Å². The van der Waals surface area contributed by atoms with Crippen LogP contribution in [0.5, 0.6) is 0 Å². The fraction of sp³-hybridized carbons (Fsp3) is 0.583. The second kappa shape index (κ2) is 9.97. The molecule has 6 heteroatoms. The van der Waals surface area contributed by atoms with Crippen LogP contribution in [0.1, 0.15) is 55.3 Å². The molecule has 4 rings (SSSR count). The van der Waals surface area contributed by atoms with Crippen molar-refractivity contribution in [2.45, 2.75) is 64.0 Å². The predicted molar refractivity (Wildman–Crippen MR) is 126 cm³/mol. The van der Waals surface area contributed by atoms with Gasteiger partial charge >= 0.3 is 0 Å². The maximum Gasteiger partial charge on any atom is 0.225 e. The second-order valence-corrected chi connectivity index (χ2v) is 9.46. The molecule has 0 radical (unpaired) electrons. The first kappa shape index (κ1) is 21.4. The molecule has 0 atom stereocenters. The van der Waals surface area contributed by atoms with Crippen LogP contribution in [0.4, 0.5) is 11.8 Å². The smallest absolute Gasteiger partial charge is 0.225 e. The van der Waals surface area contributed by atoms with E-state index >= 15 is 0 Å².